The lowest BCUT2D eigenvalue weighted by atomic mass is 10.2. The van der Waals surface area contributed by atoms with Crippen LogP contribution in [0, 0.1) is 13.8 Å². The minimum absolute atomic E-state index is 0.0798. The fourth-order valence-corrected chi connectivity index (χ4v) is 4.93. The third kappa shape index (κ3) is 3.39. The van der Waals surface area contributed by atoms with Crippen molar-refractivity contribution in [1.29, 1.82) is 0 Å². The molecular weight excluding hydrogens is 422 g/mol. The number of ether oxygens (including phenoxy) is 1. The van der Waals surface area contributed by atoms with Gasteiger partial charge in [0.15, 0.2) is 11.2 Å². The number of carbonyl (C=O) groups is 1. The molecule has 33 heavy (non-hydrogen) atoms. The molecular formula is C24H27N5O4. The van der Waals surface area contributed by atoms with Gasteiger partial charge in [-0.1, -0.05) is 43.2 Å². The number of carbonyl (C=O) groups excluding carboxylic acids is 1. The number of hydrogen-bond acceptors (Lipinski definition) is 5. The predicted octanol–water partition coefficient (Wildman–Crippen LogP) is 2.62. The van der Waals surface area contributed by atoms with Gasteiger partial charge < -0.3 is 9.30 Å². The van der Waals surface area contributed by atoms with Crippen LogP contribution in [0.2, 0.25) is 0 Å². The Kier molecular flexibility index (Phi) is 5.19. The molecule has 0 radical (unpaired) electrons. The summed E-state index contributed by atoms with van der Waals surface area (Å²) in [4.78, 5) is 43.6. The maximum absolute atomic E-state index is 13.5. The van der Waals surface area contributed by atoms with Gasteiger partial charge in [-0.15, -0.1) is 0 Å². The minimum atomic E-state index is -0.644. The van der Waals surface area contributed by atoms with Crippen LogP contribution < -0.4 is 11.2 Å². The molecule has 3 aromatic heterocycles. The zero-order valence-electron chi connectivity index (χ0n) is 19.1. The molecule has 1 saturated carbocycles. The summed E-state index contributed by atoms with van der Waals surface area (Å²) < 4.78 is 11.6. The van der Waals surface area contributed by atoms with Crippen LogP contribution in [0.25, 0.3) is 16.9 Å². The molecule has 4 aromatic rings. The van der Waals surface area contributed by atoms with Gasteiger partial charge in [0, 0.05) is 24.5 Å². The maximum Gasteiger partial charge on any atom is 0.333 e. The lowest BCUT2D eigenvalue weighted by molar-refractivity contribution is -0.145. The molecule has 0 atom stereocenters. The van der Waals surface area contributed by atoms with Crippen LogP contribution in [0.4, 0.5) is 0 Å². The lowest BCUT2D eigenvalue weighted by Gasteiger charge is -2.13. The van der Waals surface area contributed by atoms with Crippen LogP contribution >= 0.6 is 0 Å². The van der Waals surface area contributed by atoms with E-state index >= 15 is 0 Å². The van der Waals surface area contributed by atoms with E-state index in [4.69, 9.17) is 9.72 Å². The lowest BCUT2D eigenvalue weighted by Crippen LogP contribution is -2.41. The number of imidazole rings is 2. The van der Waals surface area contributed by atoms with E-state index in [1.807, 2.05) is 48.6 Å². The van der Waals surface area contributed by atoms with Gasteiger partial charge >= 0.3 is 11.7 Å². The summed E-state index contributed by atoms with van der Waals surface area (Å²) in [5, 5.41) is 0. The molecule has 5 rings (SSSR count). The molecule has 0 saturated heterocycles. The number of rotatable bonds is 5. The van der Waals surface area contributed by atoms with Gasteiger partial charge in [0.05, 0.1) is 0 Å². The standard InChI is InChI=1S/C24H27N5O4/c1-15-16(2)29-20-21(25-23(29)28(15)18-11-7-8-12-18)26(3)24(32)27(22(20)31)13-19(30)33-14-17-9-5-4-6-10-17/h4-6,9-10,18H,7-8,11-14H2,1-3H3. The average molecular weight is 450 g/mol. The Morgan fingerprint density at radius 2 is 1.79 bits per heavy atom. The van der Waals surface area contributed by atoms with Crippen LogP contribution in [0.3, 0.4) is 0 Å². The van der Waals surface area contributed by atoms with E-state index in [-0.39, 0.29) is 6.61 Å². The van der Waals surface area contributed by atoms with Gasteiger partial charge in [-0.3, -0.25) is 18.6 Å². The van der Waals surface area contributed by atoms with Crippen molar-refractivity contribution < 1.29 is 9.53 Å². The van der Waals surface area contributed by atoms with E-state index in [9.17, 15) is 14.4 Å². The Labute approximate surface area is 189 Å². The molecule has 3 heterocycles. The monoisotopic (exact) mass is 449 g/mol. The van der Waals surface area contributed by atoms with Gasteiger partial charge in [0.25, 0.3) is 5.56 Å². The first-order valence-electron chi connectivity index (χ1n) is 11.3. The average Bonchev–Trinajstić information content (AvgIpc) is 3.53. The fourth-order valence-electron chi connectivity index (χ4n) is 4.93. The summed E-state index contributed by atoms with van der Waals surface area (Å²) in [5.41, 5.74) is 2.31. The van der Waals surface area contributed by atoms with Crippen LogP contribution in [-0.4, -0.2) is 29.1 Å². The van der Waals surface area contributed by atoms with Gasteiger partial charge in [-0.25, -0.2) is 9.36 Å². The number of benzene rings is 1. The Morgan fingerprint density at radius 3 is 2.48 bits per heavy atom. The van der Waals surface area contributed by atoms with E-state index in [1.54, 1.807) is 7.05 Å². The molecule has 1 aromatic carbocycles. The fraction of sp³-hybridized carbons (Fsp3) is 0.417. The van der Waals surface area contributed by atoms with Crippen molar-refractivity contribution in [3.63, 3.8) is 0 Å². The normalized spacial score (nSPS) is 14.5. The summed E-state index contributed by atoms with van der Waals surface area (Å²) in [7, 11) is 1.57. The smallest absolute Gasteiger partial charge is 0.333 e. The second kappa shape index (κ2) is 8.06. The van der Waals surface area contributed by atoms with Gasteiger partial charge in [-0.05, 0) is 32.3 Å². The van der Waals surface area contributed by atoms with Crippen molar-refractivity contribution in [1.82, 2.24) is 23.1 Å². The third-order valence-corrected chi connectivity index (χ3v) is 6.78. The Balaban J connectivity index is 1.58. The number of esters is 1. The van der Waals surface area contributed by atoms with Crippen LogP contribution in [0.1, 0.15) is 48.7 Å². The number of aryl methyl sites for hydroxylation is 2. The minimum Gasteiger partial charge on any atom is -0.459 e. The van der Waals surface area contributed by atoms with Crippen molar-refractivity contribution in [3.8, 4) is 0 Å². The van der Waals surface area contributed by atoms with Crippen molar-refractivity contribution in [3.05, 3.63) is 68.1 Å². The van der Waals surface area contributed by atoms with E-state index in [0.717, 1.165) is 34.4 Å². The zero-order valence-corrected chi connectivity index (χ0v) is 19.1. The molecule has 0 amide bonds. The Morgan fingerprint density at radius 1 is 1.09 bits per heavy atom. The van der Waals surface area contributed by atoms with Crippen LogP contribution in [0.5, 0.6) is 0 Å². The number of aromatic nitrogens is 5. The van der Waals surface area contributed by atoms with Crippen molar-refractivity contribution >= 4 is 22.9 Å². The highest BCUT2D eigenvalue weighted by Crippen LogP contribution is 2.34. The first kappa shape index (κ1) is 21.2. The molecule has 9 heteroatoms. The second-order valence-electron chi connectivity index (χ2n) is 8.78. The number of nitrogens with zero attached hydrogens (tertiary/aromatic N) is 5. The molecule has 1 fully saturated rings. The molecule has 0 unspecified atom stereocenters. The van der Waals surface area contributed by atoms with Gasteiger partial charge in [0.2, 0.25) is 5.78 Å². The van der Waals surface area contributed by atoms with Crippen molar-refractivity contribution in [2.24, 2.45) is 7.05 Å². The summed E-state index contributed by atoms with van der Waals surface area (Å²) in [6.45, 7) is 3.62. The predicted molar refractivity (Wildman–Crippen MR) is 123 cm³/mol. The zero-order chi connectivity index (χ0) is 23.3. The van der Waals surface area contributed by atoms with E-state index in [0.29, 0.717) is 23.0 Å². The highest BCUT2D eigenvalue weighted by atomic mass is 16.5. The Hall–Kier alpha value is -3.62. The molecule has 0 aliphatic heterocycles. The van der Waals surface area contributed by atoms with Crippen molar-refractivity contribution in [2.45, 2.75) is 58.7 Å². The highest BCUT2D eigenvalue weighted by Gasteiger charge is 2.27. The molecule has 0 N–H and O–H groups in total. The highest BCUT2D eigenvalue weighted by molar-refractivity contribution is 5.77. The van der Waals surface area contributed by atoms with Crippen LogP contribution in [0.15, 0.2) is 39.9 Å². The van der Waals surface area contributed by atoms with E-state index < -0.39 is 23.8 Å². The van der Waals surface area contributed by atoms with Crippen LogP contribution in [-0.2, 0) is 29.7 Å². The first-order valence-corrected chi connectivity index (χ1v) is 11.3. The summed E-state index contributed by atoms with van der Waals surface area (Å²) >= 11 is 0. The van der Waals surface area contributed by atoms with Gasteiger partial charge in [0.1, 0.15) is 13.2 Å². The van der Waals surface area contributed by atoms with E-state index in [2.05, 4.69) is 4.57 Å². The number of hydrogen-bond donors (Lipinski definition) is 0. The topological polar surface area (TPSA) is 92.5 Å². The molecule has 172 valence electrons. The largest absolute Gasteiger partial charge is 0.459 e. The second-order valence-corrected chi connectivity index (χ2v) is 8.78. The van der Waals surface area contributed by atoms with Gasteiger partial charge in [-0.2, -0.15) is 4.98 Å². The maximum atomic E-state index is 13.5. The summed E-state index contributed by atoms with van der Waals surface area (Å²) in [6.07, 6.45) is 4.49. The number of fused-ring (bicyclic) bond motifs is 3. The summed E-state index contributed by atoms with van der Waals surface area (Å²) in [6, 6.07) is 9.60. The molecule has 1 aliphatic rings. The molecule has 0 bridgehead atoms. The SMILES string of the molecule is Cc1c(C)n2c3c(=O)n(CC(=O)OCc4ccccc4)c(=O)n(C)c3nc2n1C1CCCC1. The summed E-state index contributed by atoms with van der Waals surface area (Å²) in [5.74, 6) is 0.0259. The third-order valence-electron chi connectivity index (χ3n) is 6.78. The molecule has 0 spiro atoms. The van der Waals surface area contributed by atoms with E-state index in [1.165, 1.54) is 17.4 Å². The molecule has 1 aliphatic carbocycles. The quantitative estimate of drug-likeness (QED) is 0.437. The first-order chi connectivity index (χ1) is 15.9. The molecule has 9 nitrogen and oxygen atoms in total. The Bertz CT molecular complexity index is 1480. The van der Waals surface area contributed by atoms with Crippen molar-refractivity contribution in [2.75, 3.05) is 0 Å².